The molecule has 3 aromatic rings. The number of aldehydes is 1. The van der Waals surface area contributed by atoms with Gasteiger partial charge in [-0.3, -0.25) is 14.5 Å². The summed E-state index contributed by atoms with van der Waals surface area (Å²) in [6.45, 7) is 3.48. The number of hydrogen-bond acceptors (Lipinski definition) is 7. The maximum absolute atomic E-state index is 15.1. The van der Waals surface area contributed by atoms with Crippen LogP contribution in [0.4, 0.5) is 14.5 Å². The first-order valence-corrected chi connectivity index (χ1v) is 14.5. The summed E-state index contributed by atoms with van der Waals surface area (Å²) in [7, 11) is 1.49. The first-order chi connectivity index (χ1) is 21.3. The Balaban J connectivity index is 1.18. The lowest BCUT2D eigenvalue weighted by Crippen LogP contribution is -2.46. The minimum Gasteiger partial charge on any atom is -0.488 e. The van der Waals surface area contributed by atoms with E-state index in [9.17, 15) is 18.8 Å². The molecule has 2 aliphatic rings. The molecule has 3 aromatic carbocycles. The molecule has 44 heavy (non-hydrogen) atoms. The molecule has 11 heteroatoms. The van der Waals surface area contributed by atoms with Crippen molar-refractivity contribution >= 4 is 23.8 Å². The summed E-state index contributed by atoms with van der Waals surface area (Å²) >= 11 is 0. The van der Waals surface area contributed by atoms with Gasteiger partial charge < -0.3 is 24.6 Å². The van der Waals surface area contributed by atoms with Gasteiger partial charge in [0, 0.05) is 68.6 Å². The highest BCUT2D eigenvalue weighted by Crippen LogP contribution is 2.33. The standard InChI is InChI=1S/C33H33F2N5O4/c1-37-32(42)30(5-3-15-41)40-20-27-26(33(40)43)4-2-6-31(27)44-21-24-8-7-22(16-28(24)34)19-38-11-13-39(14-12-38)25-10-9-23(18-36)29(35)17-25/h2,4,6-10,15-17,30H,3,5,11-14,19-21H2,1H3,(H,37,42)/t30-/m0/s1. The maximum Gasteiger partial charge on any atom is 0.255 e. The number of hydrogen-bond donors (Lipinski definition) is 1. The predicted molar refractivity (Wildman–Crippen MR) is 159 cm³/mol. The number of likely N-dealkylation sites (N-methyl/N-ethyl adjacent to an activating group) is 1. The van der Waals surface area contributed by atoms with E-state index in [0.29, 0.717) is 42.1 Å². The number of halogens is 2. The van der Waals surface area contributed by atoms with Crippen molar-refractivity contribution in [3.05, 3.63) is 94.0 Å². The molecular weight excluding hydrogens is 568 g/mol. The highest BCUT2D eigenvalue weighted by atomic mass is 19.1. The fraction of sp³-hybridized carbons (Fsp3) is 0.333. The summed E-state index contributed by atoms with van der Waals surface area (Å²) in [6.07, 6.45) is 1.08. The van der Waals surface area contributed by atoms with Gasteiger partial charge in [0.1, 0.15) is 42.4 Å². The lowest BCUT2D eigenvalue weighted by Gasteiger charge is -2.36. The van der Waals surface area contributed by atoms with Gasteiger partial charge in [0.05, 0.1) is 12.1 Å². The van der Waals surface area contributed by atoms with Crippen molar-refractivity contribution in [3.63, 3.8) is 0 Å². The molecule has 0 radical (unpaired) electrons. The van der Waals surface area contributed by atoms with Crippen LogP contribution in [0, 0.1) is 23.0 Å². The fourth-order valence-corrected chi connectivity index (χ4v) is 5.71. The van der Waals surface area contributed by atoms with Gasteiger partial charge in [-0.1, -0.05) is 18.2 Å². The van der Waals surface area contributed by atoms with E-state index in [2.05, 4.69) is 15.1 Å². The normalized spacial score (nSPS) is 15.5. The van der Waals surface area contributed by atoms with Gasteiger partial charge in [0.15, 0.2) is 0 Å². The molecule has 0 aliphatic carbocycles. The number of anilines is 1. The average Bonchev–Trinajstić information content (AvgIpc) is 3.37. The van der Waals surface area contributed by atoms with Gasteiger partial charge >= 0.3 is 0 Å². The van der Waals surface area contributed by atoms with Crippen molar-refractivity contribution in [2.75, 3.05) is 38.1 Å². The number of carbonyl (C=O) groups is 3. The van der Waals surface area contributed by atoms with E-state index in [1.807, 2.05) is 12.1 Å². The number of fused-ring (bicyclic) bond motifs is 1. The molecule has 5 rings (SSSR count). The van der Waals surface area contributed by atoms with Crippen molar-refractivity contribution in [2.45, 2.75) is 38.6 Å². The van der Waals surface area contributed by atoms with E-state index in [1.54, 1.807) is 30.3 Å². The molecule has 2 aliphatic heterocycles. The zero-order valence-electron chi connectivity index (χ0n) is 24.4. The number of nitriles is 1. The van der Waals surface area contributed by atoms with Crippen LogP contribution in [0.25, 0.3) is 0 Å². The summed E-state index contributed by atoms with van der Waals surface area (Å²) in [5.74, 6) is -1.15. The van der Waals surface area contributed by atoms with Crippen LogP contribution in [0.15, 0.2) is 54.6 Å². The number of ether oxygens (including phenoxy) is 1. The molecule has 0 aromatic heterocycles. The van der Waals surface area contributed by atoms with Crippen LogP contribution in [0.1, 0.15) is 45.5 Å². The number of nitrogens with one attached hydrogen (secondary N) is 1. The Morgan fingerprint density at radius 3 is 2.57 bits per heavy atom. The van der Waals surface area contributed by atoms with Crippen molar-refractivity contribution in [1.82, 2.24) is 15.1 Å². The Bertz CT molecular complexity index is 1600. The third kappa shape index (κ3) is 6.55. The Hall–Kier alpha value is -4.82. The van der Waals surface area contributed by atoms with E-state index in [-0.39, 0.29) is 43.4 Å². The van der Waals surface area contributed by atoms with E-state index < -0.39 is 17.7 Å². The molecule has 1 fully saturated rings. The molecule has 0 saturated carbocycles. The highest BCUT2D eigenvalue weighted by molar-refractivity contribution is 6.01. The maximum atomic E-state index is 15.1. The number of benzene rings is 3. The summed E-state index contributed by atoms with van der Waals surface area (Å²) in [5.41, 5.74) is 2.99. The molecule has 1 N–H and O–H groups in total. The van der Waals surface area contributed by atoms with E-state index >= 15 is 4.39 Å². The van der Waals surface area contributed by atoms with Crippen LogP contribution in [-0.4, -0.2) is 67.2 Å². The average molecular weight is 602 g/mol. The van der Waals surface area contributed by atoms with E-state index in [4.69, 9.17) is 10.00 Å². The summed E-state index contributed by atoms with van der Waals surface area (Å²) < 4.78 is 35.2. The third-order valence-corrected chi connectivity index (χ3v) is 8.15. The Labute approximate surface area is 254 Å². The van der Waals surface area contributed by atoms with Crippen molar-refractivity contribution in [3.8, 4) is 11.8 Å². The van der Waals surface area contributed by atoms with Crippen molar-refractivity contribution in [1.29, 1.82) is 5.26 Å². The van der Waals surface area contributed by atoms with E-state index in [0.717, 1.165) is 30.6 Å². The van der Waals surface area contributed by atoms with Gasteiger partial charge in [0.2, 0.25) is 5.91 Å². The predicted octanol–water partition coefficient (Wildman–Crippen LogP) is 3.79. The quantitative estimate of drug-likeness (QED) is 0.334. The van der Waals surface area contributed by atoms with Crippen LogP contribution in [0.5, 0.6) is 5.75 Å². The zero-order chi connectivity index (χ0) is 31.2. The molecule has 228 valence electrons. The molecule has 0 unspecified atom stereocenters. The number of rotatable bonds is 11. The largest absolute Gasteiger partial charge is 0.488 e. The monoisotopic (exact) mass is 601 g/mol. The zero-order valence-corrected chi connectivity index (χ0v) is 24.4. The summed E-state index contributed by atoms with van der Waals surface area (Å²) in [6, 6.07) is 15.8. The molecule has 1 atom stereocenters. The Morgan fingerprint density at radius 2 is 1.89 bits per heavy atom. The summed E-state index contributed by atoms with van der Waals surface area (Å²) in [5, 5.41) is 11.5. The third-order valence-electron chi connectivity index (χ3n) is 8.15. The van der Waals surface area contributed by atoms with E-state index in [1.165, 1.54) is 30.1 Å². The minimum atomic E-state index is -0.787. The SMILES string of the molecule is CNC(=O)[C@H](CCC=O)N1Cc2c(OCc3ccc(CN4CCN(c5ccc(C#N)c(F)c5)CC4)cc3F)cccc2C1=O. The van der Waals surface area contributed by atoms with Crippen LogP contribution >= 0.6 is 0 Å². The first kappa shape index (κ1) is 30.6. The molecule has 1 saturated heterocycles. The van der Waals surface area contributed by atoms with Crippen LogP contribution in [-0.2, 0) is 29.3 Å². The van der Waals surface area contributed by atoms with Crippen molar-refractivity contribution in [2.24, 2.45) is 0 Å². The molecule has 2 heterocycles. The number of carbonyl (C=O) groups excluding carboxylic acids is 3. The van der Waals surface area contributed by atoms with Gasteiger partial charge in [-0.25, -0.2) is 8.78 Å². The minimum absolute atomic E-state index is 0.0242. The Morgan fingerprint density at radius 1 is 1.09 bits per heavy atom. The lowest BCUT2D eigenvalue weighted by atomic mass is 10.1. The molecular formula is C33H33F2N5O4. The van der Waals surface area contributed by atoms with Crippen molar-refractivity contribution < 1.29 is 27.9 Å². The number of amides is 2. The second-order valence-corrected chi connectivity index (χ2v) is 10.8. The molecule has 0 spiro atoms. The number of piperazine rings is 1. The topological polar surface area (TPSA) is 106 Å². The smallest absolute Gasteiger partial charge is 0.255 e. The fourth-order valence-electron chi connectivity index (χ4n) is 5.71. The summed E-state index contributed by atoms with van der Waals surface area (Å²) in [4.78, 5) is 42.3. The molecule has 0 bridgehead atoms. The Kier molecular flexibility index (Phi) is 9.50. The molecule has 2 amide bonds. The highest BCUT2D eigenvalue weighted by Gasteiger charge is 2.37. The van der Waals surface area contributed by atoms with Gasteiger partial charge in [-0.2, -0.15) is 5.26 Å². The van der Waals surface area contributed by atoms with Crippen LogP contribution < -0.4 is 15.0 Å². The van der Waals surface area contributed by atoms with Gasteiger partial charge in [-0.05, 0) is 48.4 Å². The van der Waals surface area contributed by atoms with Crippen LogP contribution in [0.2, 0.25) is 0 Å². The number of nitrogens with zero attached hydrogens (tertiary/aromatic N) is 4. The second kappa shape index (κ2) is 13.7. The van der Waals surface area contributed by atoms with Gasteiger partial charge in [-0.15, -0.1) is 0 Å². The second-order valence-electron chi connectivity index (χ2n) is 10.8. The first-order valence-electron chi connectivity index (χ1n) is 14.5. The molecule has 9 nitrogen and oxygen atoms in total. The van der Waals surface area contributed by atoms with Gasteiger partial charge in [0.25, 0.3) is 5.91 Å². The van der Waals surface area contributed by atoms with Crippen LogP contribution in [0.3, 0.4) is 0 Å². The lowest BCUT2D eigenvalue weighted by molar-refractivity contribution is -0.125.